The van der Waals surface area contributed by atoms with Crippen molar-refractivity contribution in [3.63, 3.8) is 0 Å². The molecule has 2 aromatic heterocycles. The highest BCUT2D eigenvalue weighted by atomic mass is 32.1. The zero-order chi connectivity index (χ0) is 27.4. The van der Waals surface area contributed by atoms with E-state index in [-0.39, 0.29) is 29.8 Å². The normalized spacial score (nSPS) is 17.9. The van der Waals surface area contributed by atoms with E-state index in [1.54, 1.807) is 4.90 Å². The summed E-state index contributed by atoms with van der Waals surface area (Å²) in [5.74, 6) is -1.29. The minimum absolute atomic E-state index is 0.0168. The number of amides is 1. The van der Waals surface area contributed by atoms with Gasteiger partial charge in [0.15, 0.2) is 11.4 Å². The van der Waals surface area contributed by atoms with Gasteiger partial charge >= 0.3 is 12.1 Å². The van der Waals surface area contributed by atoms with Crippen LogP contribution >= 0.6 is 11.3 Å². The number of halogens is 3. The predicted molar refractivity (Wildman–Crippen MR) is 136 cm³/mol. The maximum atomic E-state index is 12.7. The number of aryl methyl sites for hydroxylation is 2. The summed E-state index contributed by atoms with van der Waals surface area (Å²) in [6.07, 6.45) is 0.327. The molecule has 0 saturated carbocycles. The van der Waals surface area contributed by atoms with Crippen molar-refractivity contribution in [3.8, 4) is 0 Å². The molecule has 3 aromatic rings. The van der Waals surface area contributed by atoms with Gasteiger partial charge in [0.1, 0.15) is 6.54 Å². The molecule has 2 aliphatic rings. The van der Waals surface area contributed by atoms with Crippen molar-refractivity contribution < 1.29 is 27.9 Å². The second-order valence-electron chi connectivity index (χ2n) is 9.56. The number of benzene rings is 1. The van der Waals surface area contributed by atoms with Gasteiger partial charge in [0.05, 0.1) is 5.01 Å². The number of nitrogens with zero attached hydrogens (tertiary/aromatic N) is 4. The molecule has 0 radical (unpaired) electrons. The Morgan fingerprint density at radius 3 is 2.50 bits per heavy atom. The first-order valence-electron chi connectivity index (χ1n) is 12.4. The molecule has 3 heterocycles. The second-order valence-corrected chi connectivity index (χ2v) is 10.4. The van der Waals surface area contributed by atoms with E-state index >= 15 is 0 Å². The van der Waals surface area contributed by atoms with Crippen molar-refractivity contribution in [1.82, 2.24) is 19.7 Å². The third-order valence-electron chi connectivity index (χ3n) is 6.91. The van der Waals surface area contributed by atoms with Crippen LogP contribution in [0.2, 0.25) is 0 Å². The summed E-state index contributed by atoms with van der Waals surface area (Å²) < 4.78 is 39.2. The molecule has 8 nitrogen and oxygen atoms in total. The summed E-state index contributed by atoms with van der Waals surface area (Å²) >= 11 is 1.29. The number of aromatic nitrogens is 3. The van der Waals surface area contributed by atoms with Gasteiger partial charge in [-0.3, -0.25) is 9.48 Å². The first-order valence-corrected chi connectivity index (χ1v) is 13.3. The molecule has 0 spiro atoms. The zero-order valence-electron chi connectivity index (χ0n) is 20.9. The number of carboxylic acids is 1. The molecule has 1 aliphatic heterocycles. The molecule has 1 aromatic carbocycles. The van der Waals surface area contributed by atoms with Crippen LogP contribution in [0, 0.1) is 6.92 Å². The van der Waals surface area contributed by atoms with E-state index in [9.17, 15) is 22.8 Å². The molecule has 204 valence electrons. The zero-order valence-corrected chi connectivity index (χ0v) is 21.8. The topological polar surface area (TPSA) is 114 Å². The monoisotopic (exact) mass is 549 g/mol. The van der Waals surface area contributed by atoms with Crippen molar-refractivity contribution in [1.29, 1.82) is 0 Å². The molecule has 5 rings (SSSR count). The number of carbonyl (C=O) groups is 2. The van der Waals surface area contributed by atoms with E-state index in [2.05, 4.69) is 34.3 Å². The maximum absolute atomic E-state index is 12.7. The molecule has 1 atom stereocenters. The average molecular weight is 550 g/mol. The van der Waals surface area contributed by atoms with Crippen molar-refractivity contribution in [2.45, 2.75) is 63.7 Å². The third kappa shape index (κ3) is 6.60. The Kier molecular flexibility index (Phi) is 8.51. The molecule has 1 unspecified atom stereocenters. The molecule has 0 bridgehead atoms. The Morgan fingerprint density at radius 2 is 1.89 bits per heavy atom. The number of thiazole rings is 1. The van der Waals surface area contributed by atoms with Gasteiger partial charge in [-0.15, -0.1) is 11.3 Å². The van der Waals surface area contributed by atoms with Gasteiger partial charge < -0.3 is 15.7 Å². The molecule has 38 heavy (non-hydrogen) atoms. The number of hydrogen-bond donors (Lipinski definition) is 2. The van der Waals surface area contributed by atoms with Gasteiger partial charge in [0, 0.05) is 36.1 Å². The molecule has 1 fully saturated rings. The fraction of sp³-hybridized carbons (Fsp3) is 0.462. The molecule has 1 saturated heterocycles. The fourth-order valence-electron chi connectivity index (χ4n) is 4.78. The highest BCUT2D eigenvalue weighted by Gasteiger charge is 2.35. The van der Waals surface area contributed by atoms with E-state index in [1.807, 2.05) is 0 Å². The van der Waals surface area contributed by atoms with Gasteiger partial charge in [-0.05, 0) is 56.2 Å². The number of hydrogen-bond acceptors (Lipinski definition) is 6. The summed E-state index contributed by atoms with van der Waals surface area (Å²) in [4.78, 5) is 29.0. The minimum atomic E-state index is -4.54. The number of piperidine rings is 1. The van der Waals surface area contributed by atoms with Crippen molar-refractivity contribution in [3.05, 3.63) is 68.9 Å². The number of fused-ring (bicyclic) bond motifs is 1. The lowest BCUT2D eigenvalue weighted by molar-refractivity contribution is -0.142. The second kappa shape index (κ2) is 11.6. The molecule has 12 heteroatoms. The van der Waals surface area contributed by atoms with Crippen molar-refractivity contribution in [2.24, 2.45) is 5.73 Å². The predicted octanol–water partition coefficient (Wildman–Crippen LogP) is 4.79. The quantitative estimate of drug-likeness (QED) is 0.484. The third-order valence-corrected chi connectivity index (χ3v) is 7.92. The number of carbonyl (C=O) groups excluding carboxylic acids is 1. The Labute approximate surface area is 222 Å². The highest BCUT2D eigenvalue weighted by Crippen LogP contribution is 2.31. The van der Waals surface area contributed by atoms with Crippen LogP contribution < -0.4 is 5.73 Å². The van der Waals surface area contributed by atoms with Crippen LogP contribution in [0.1, 0.15) is 75.7 Å². The first-order chi connectivity index (χ1) is 18.0. The van der Waals surface area contributed by atoms with Crippen molar-refractivity contribution >= 4 is 23.2 Å². The van der Waals surface area contributed by atoms with Gasteiger partial charge in [-0.25, -0.2) is 9.78 Å². The number of aromatic carboxylic acids is 1. The van der Waals surface area contributed by atoms with Gasteiger partial charge in [-0.2, -0.15) is 18.3 Å². The standard InChI is InChI=1S/C16H17F3N4O3S.C10H13N/c1-9-6-12(16(17,18)19)21-23(9)7-13(24)22-4-2-10(3-5-22)14-20-11(8-27-14)15(25)26;11-10-7-3-5-8-4-1-2-6-9(8)10/h6,8,10H,2-5,7H2,1H3,(H,25,26);1-2,4,6,10H,3,5,7,11H2. The number of rotatable bonds is 4. The Balaban J connectivity index is 0.000000253. The smallest absolute Gasteiger partial charge is 0.435 e. The van der Waals surface area contributed by atoms with Crippen LogP contribution in [0.25, 0.3) is 0 Å². The Hall–Kier alpha value is -3.25. The summed E-state index contributed by atoms with van der Waals surface area (Å²) in [6, 6.07) is 9.72. The number of carboxylic acid groups (broad SMARTS) is 1. The van der Waals surface area contributed by atoms with Crippen LogP contribution in [0.5, 0.6) is 0 Å². The highest BCUT2D eigenvalue weighted by molar-refractivity contribution is 7.09. The lowest BCUT2D eigenvalue weighted by Gasteiger charge is -2.31. The van der Waals surface area contributed by atoms with Crippen LogP contribution in [-0.4, -0.2) is 49.7 Å². The van der Waals surface area contributed by atoms with E-state index in [4.69, 9.17) is 10.8 Å². The van der Waals surface area contributed by atoms with Gasteiger partial charge in [-0.1, -0.05) is 24.3 Å². The van der Waals surface area contributed by atoms with Gasteiger partial charge in [0.2, 0.25) is 5.91 Å². The van der Waals surface area contributed by atoms with Crippen LogP contribution in [-0.2, 0) is 23.9 Å². The van der Waals surface area contributed by atoms with E-state index in [0.717, 1.165) is 22.2 Å². The number of nitrogens with two attached hydrogens (primary N) is 1. The van der Waals surface area contributed by atoms with E-state index in [0.29, 0.717) is 32.0 Å². The van der Waals surface area contributed by atoms with Crippen LogP contribution in [0.4, 0.5) is 13.2 Å². The average Bonchev–Trinajstić information content (AvgIpc) is 3.53. The van der Waals surface area contributed by atoms with Crippen LogP contribution in [0.15, 0.2) is 35.7 Å². The lowest BCUT2D eigenvalue weighted by atomic mass is 9.88. The van der Waals surface area contributed by atoms with Gasteiger partial charge in [0.25, 0.3) is 0 Å². The molecular weight excluding hydrogens is 519 g/mol. The lowest BCUT2D eigenvalue weighted by Crippen LogP contribution is -2.40. The molecule has 1 amide bonds. The maximum Gasteiger partial charge on any atom is 0.435 e. The Morgan fingerprint density at radius 1 is 1.18 bits per heavy atom. The van der Waals surface area contributed by atoms with E-state index in [1.165, 1.54) is 47.6 Å². The van der Waals surface area contributed by atoms with Crippen molar-refractivity contribution in [2.75, 3.05) is 13.1 Å². The SMILES string of the molecule is Cc1cc(C(F)(F)F)nn1CC(=O)N1CCC(c2nc(C(=O)O)cs2)CC1.NC1CCCc2ccccc21. The molecule has 1 aliphatic carbocycles. The first kappa shape index (κ1) is 27.8. The summed E-state index contributed by atoms with van der Waals surface area (Å²) in [7, 11) is 0. The number of alkyl halides is 3. The van der Waals surface area contributed by atoms with E-state index < -0.39 is 17.8 Å². The fourth-order valence-corrected chi connectivity index (χ4v) is 5.74. The molecular formula is C26H30F3N5O3S. The summed E-state index contributed by atoms with van der Waals surface area (Å²) in [5.41, 5.74) is 8.04. The minimum Gasteiger partial charge on any atom is -0.476 e. The molecule has 3 N–H and O–H groups in total. The number of likely N-dealkylation sites (tertiary alicyclic amines) is 1. The summed E-state index contributed by atoms with van der Waals surface area (Å²) in [5, 5.41) is 14.6. The Bertz CT molecular complexity index is 1280. The van der Waals surface area contributed by atoms with Crippen LogP contribution in [0.3, 0.4) is 0 Å². The largest absolute Gasteiger partial charge is 0.476 e. The summed E-state index contributed by atoms with van der Waals surface area (Å²) in [6.45, 7) is 2.12.